The standard InChI is InChI=1S/C17H18ClN5O/c1-11-16(12(2)22(3)21-11)20-17(24)19-14-7-6-13(18)10-15(14)23-8-4-5-9-23/h4-10H,1-3H3,(H2,19,20,24). The SMILES string of the molecule is Cc1nn(C)c(C)c1NC(=O)Nc1ccc(Cl)cc1-n1cccc1. The number of amides is 2. The Bertz CT molecular complexity index is 883. The number of hydrogen-bond donors (Lipinski definition) is 2. The second-order valence-corrected chi connectivity index (χ2v) is 5.94. The number of carbonyl (C=O) groups excluding carboxylic acids is 1. The van der Waals surface area contributed by atoms with Gasteiger partial charge in [-0.2, -0.15) is 5.10 Å². The van der Waals surface area contributed by atoms with Gasteiger partial charge in [0.25, 0.3) is 0 Å². The summed E-state index contributed by atoms with van der Waals surface area (Å²) in [6.07, 6.45) is 3.79. The monoisotopic (exact) mass is 343 g/mol. The Morgan fingerprint density at radius 2 is 1.88 bits per heavy atom. The lowest BCUT2D eigenvalue weighted by Crippen LogP contribution is -2.21. The van der Waals surface area contributed by atoms with Crippen LogP contribution in [0.1, 0.15) is 11.4 Å². The zero-order valence-corrected chi connectivity index (χ0v) is 14.4. The van der Waals surface area contributed by atoms with Crippen molar-refractivity contribution < 1.29 is 4.79 Å². The van der Waals surface area contributed by atoms with E-state index in [9.17, 15) is 4.79 Å². The number of rotatable bonds is 3. The first-order chi connectivity index (χ1) is 11.5. The Kier molecular flexibility index (Phi) is 4.31. The third-order valence-corrected chi connectivity index (χ3v) is 4.07. The molecule has 2 N–H and O–H groups in total. The number of halogens is 1. The maximum absolute atomic E-state index is 12.4. The quantitative estimate of drug-likeness (QED) is 0.751. The number of nitrogens with one attached hydrogen (secondary N) is 2. The van der Waals surface area contributed by atoms with Gasteiger partial charge in [0.05, 0.1) is 28.5 Å². The summed E-state index contributed by atoms with van der Waals surface area (Å²) in [5, 5.41) is 10.6. The molecule has 0 aliphatic heterocycles. The van der Waals surface area contributed by atoms with Gasteiger partial charge < -0.3 is 15.2 Å². The van der Waals surface area contributed by atoms with Gasteiger partial charge in [0, 0.05) is 24.5 Å². The van der Waals surface area contributed by atoms with E-state index in [2.05, 4.69) is 15.7 Å². The maximum atomic E-state index is 12.4. The Balaban J connectivity index is 1.85. The van der Waals surface area contributed by atoms with Gasteiger partial charge in [-0.05, 0) is 44.2 Å². The molecule has 3 aromatic rings. The van der Waals surface area contributed by atoms with Crippen LogP contribution in [0.4, 0.5) is 16.2 Å². The van der Waals surface area contributed by atoms with Crippen molar-refractivity contribution >= 4 is 29.0 Å². The maximum Gasteiger partial charge on any atom is 0.323 e. The normalized spacial score (nSPS) is 10.7. The van der Waals surface area contributed by atoms with E-state index in [1.54, 1.807) is 22.9 Å². The number of aryl methyl sites for hydroxylation is 2. The lowest BCUT2D eigenvalue weighted by atomic mass is 10.2. The van der Waals surface area contributed by atoms with Crippen LogP contribution >= 0.6 is 11.6 Å². The van der Waals surface area contributed by atoms with Gasteiger partial charge in [-0.25, -0.2) is 4.79 Å². The molecule has 1 aromatic carbocycles. The first-order valence-electron chi connectivity index (χ1n) is 7.47. The summed E-state index contributed by atoms with van der Waals surface area (Å²) in [6.45, 7) is 3.76. The Morgan fingerprint density at radius 3 is 2.50 bits per heavy atom. The molecule has 0 aliphatic rings. The molecule has 0 spiro atoms. The van der Waals surface area contributed by atoms with Gasteiger partial charge >= 0.3 is 6.03 Å². The average molecular weight is 344 g/mol. The first kappa shape index (κ1) is 16.1. The van der Waals surface area contributed by atoms with Crippen LogP contribution < -0.4 is 10.6 Å². The van der Waals surface area contributed by atoms with Gasteiger partial charge in [0.15, 0.2) is 0 Å². The highest BCUT2D eigenvalue weighted by atomic mass is 35.5. The number of aromatic nitrogens is 3. The molecule has 3 rings (SSSR count). The van der Waals surface area contributed by atoms with Crippen LogP contribution in [-0.4, -0.2) is 20.4 Å². The van der Waals surface area contributed by atoms with Crippen molar-refractivity contribution in [3.8, 4) is 5.69 Å². The van der Waals surface area contributed by atoms with Gasteiger partial charge in [-0.3, -0.25) is 4.68 Å². The van der Waals surface area contributed by atoms with Crippen LogP contribution in [0.2, 0.25) is 5.02 Å². The van der Waals surface area contributed by atoms with E-state index in [-0.39, 0.29) is 6.03 Å². The third kappa shape index (κ3) is 3.14. The molecule has 0 fully saturated rings. The molecule has 0 aliphatic carbocycles. The van der Waals surface area contributed by atoms with E-state index in [1.165, 1.54) is 0 Å². The lowest BCUT2D eigenvalue weighted by Gasteiger charge is -2.13. The minimum Gasteiger partial charge on any atom is -0.322 e. The minimum atomic E-state index is -0.329. The minimum absolute atomic E-state index is 0.329. The molecular formula is C17H18ClN5O. The summed E-state index contributed by atoms with van der Waals surface area (Å²) < 4.78 is 3.63. The van der Waals surface area contributed by atoms with Crippen LogP contribution in [0.15, 0.2) is 42.7 Å². The molecule has 7 heteroatoms. The largest absolute Gasteiger partial charge is 0.323 e. The van der Waals surface area contributed by atoms with Gasteiger partial charge in [-0.15, -0.1) is 0 Å². The molecule has 0 bridgehead atoms. The highest BCUT2D eigenvalue weighted by molar-refractivity contribution is 6.31. The molecule has 2 amide bonds. The summed E-state index contributed by atoms with van der Waals surface area (Å²) in [5.74, 6) is 0. The smallest absolute Gasteiger partial charge is 0.322 e. The number of nitrogens with zero attached hydrogens (tertiary/aromatic N) is 3. The van der Waals surface area contributed by atoms with Crippen molar-refractivity contribution in [1.29, 1.82) is 0 Å². The molecule has 0 radical (unpaired) electrons. The molecule has 6 nitrogen and oxygen atoms in total. The van der Waals surface area contributed by atoms with Crippen molar-refractivity contribution in [3.63, 3.8) is 0 Å². The van der Waals surface area contributed by atoms with Crippen molar-refractivity contribution in [2.24, 2.45) is 7.05 Å². The van der Waals surface area contributed by atoms with Gasteiger partial charge in [0.1, 0.15) is 0 Å². The highest BCUT2D eigenvalue weighted by Crippen LogP contribution is 2.25. The molecule has 0 saturated heterocycles. The Hall–Kier alpha value is -2.73. The predicted molar refractivity (Wildman–Crippen MR) is 96.1 cm³/mol. The topological polar surface area (TPSA) is 63.9 Å². The molecule has 124 valence electrons. The fourth-order valence-corrected chi connectivity index (χ4v) is 2.71. The van der Waals surface area contributed by atoms with E-state index >= 15 is 0 Å². The number of carbonyl (C=O) groups is 1. The van der Waals surface area contributed by atoms with Crippen molar-refractivity contribution in [2.75, 3.05) is 10.6 Å². The molecule has 0 unspecified atom stereocenters. The summed E-state index contributed by atoms with van der Waals surface area (Å²) in [4.78, 5) is 12.4. The second-order valence-electron chi connectivity index (χ2n) is 5.50. The molecule has 0 saturated carbocycles. The van der Waals surface area contributed by atoms with Gasteiger partial charge in [0.2, 0.25) is 0 Å². The number of hydrogen-bond acceptors (Lipinski definition) is 2. The number of benzene rings is 1. The highest BCUT2D eigenvalue weighted by Gasteiger charge is 2.14. The average Bonchev–Trinajstić information content (AvgIpc) is 3.14. The summed E-state index contributed by atoms with van der Waals surface area (Å²) in [7, 11) is 1.84. The summed E-state index contributed by atoms with van der Waals surface area (Å²) >= 11 is 6.09. The van der Waals surface area contributed by atoms with Crippen LogP contribution in [0.3, 0.4) is 0 Å². The fraction of sp³-hybridized carbons (Fsp3) is 0.176. The number of anilines is 2. The molecule has 24 heavy (non-hydrogen) atoms. The van der Waals surface area contributed by atoms with E-state index < -0.39 is 0 Å². The summed E-state index contributed by atoms with van der Waals surface area (Å²) in [6, 6.07) is 8.81. The first-order valence-corrected chi connectivity index (χ1v) is 7.84. The van der Waals surface area contributed by atoms with E-state index in [0.29, 0.717) is 16.4 Å². The van der Waals surface area contributed by atoms with Gasteiger partial charge in [-0.1, -0.05) is 11.6 Å². The van der Waals surface area contributed by atoms with E-state index in [4.69, 9.17) is 11.6 Å². The van der Waals surface area contributed by atoms with Crippen molar-refractivity contribution in [2.45, 2.75) is 13.8 Å². The summed E-state index contributed by atoms with van der Waals surface area (Å²) in [5.41, 5.74) is 3.83. The Labute approximate surface area is 145 Å². The van der Waals surface area contributed by atoms with Crippen molar-refractivity contribution in [3.05, 3.63) is 59.1 Å². The fourth-order valence-electron chi connectivity index (χ4n) is 2.54. The van der Waals surface area contributed by atoms with Crippen LogP contribution in [0.5, 0.6) is 0 Å². The second kappa shape index (κ2) is 6.41. The van der Waals surface area contributed by atoms with Crippen LogP contribution in [0.25, 0.3) is 5.69 Å². The molecule has 2 heterocycles. The lowest BCUT2D eigenvalue weighted by molar-refractivity contribution is 0.262. The predicted octanol–water partition coefficient (Wildman–Crippen LogP) is 4.13. The van der Waals surface area contributed by atoms with Crippen LogP contribution in [0, 0.1) is 13.8 Å². The zero-order valence-electron chi connectivity index (χ0n) is 13.7. The third-order valence-electron chi connectivity index (χ3n) is 3.84. The van der Waals surface area contributed by atoms with Crippen molar-refractivity contribution in [1.82, 2.24) is 14.3 Å². The van der Waals surface area contributed by atoms with E-state index in [0.717, 1.165) is 17.1 Å². The van der Waals surface area contributed by atoms with E-state index in [1.807, 2.05) is 50.0 Å². The van der Waals surface area contributed by atoms with Crippen LogP contribution in [-0.2, 0) is 7.05 Å². The molecular weight excluding hydrogens is 326 g/mol. The molecule has 2 aromatic heterocycles. The Morgan fingerprint density at radius 1 is 1.17 bits per heavy atom. The molecule has 0 atom stereocenters. The zero-order chi connectivity index (χ0) is 17.3. The number of urea groups is 1.